The Morgan fingerprint density at radius 2 is 2.19 bits per heavy atom. The number of hydrogen-bond acceptors (Lipinski definition) is 5. The van der Waals surface area contributed by atoms with Crippen molar-refractivity contribution in [2.24, 2.45) is 0 Å². The number of nitrogens with zero attached hydrogens (tertiary/aromatic N) is 1. The van der Waals surface area contributed by atoms with Crippen molar-refractivity contribution in [2.45, 2.75) is 26.3 Å². The second kappa shape index (κ2) is 5.87. The van der Waals surface area contributed by atoms with Gasteiger partial charge in [-0.1, -0.05) is 6.07 Å². The van der Waals surface area contributed by atoms with E-state index in [-0.39, 0.29) is 12.7 Å². The second-order valence-corrected chi connectivity index (χ2v) is 4.82. The maximum Gasteiger partial charge on any atom is 0.231 e. The Balaban J connectivity index is 1.47. The van der Waals surface area contributed by atoms with Crippen molar-refractivity contribution >= 4 is 5.91 Å². The number of carbonyl (C=O) groups excluding carboxylic acids is 1. The molecule has 0 radical (unpaired) electrons. The highest BCUT2D eigenvalue weighted by atomic mass is 16.7. The monoisotopic (exact) mass is 288 g/mol. The highest BCUT2D eigenvalue weighted by Crippen LogP contribution is 2.32. The van der Waals surface area contributed by atoms with Gasteiger partial charge in [-0.2, -0.15) is 0 Å². The number of nitrogens with one attached hydrogen (secondary N) is 1. The van der Waals surface area contributed by atoms with Gasteiger partial charge in [-0.15, -0.1) is 0 Å². The number of aromatic nitrogens is 1. The number of amides is 1. The van der Waals surface area contributed by atoms with Crippen LogP contribution in [0.15, 0.2) is 28.9 Å². The summed E-state index contributed by atoms with van der Waals surface area (Å²) in [4.78, 5) is 16.0. The lowest BCUT2D eigenvalue weighted by molar-refractivity contribution is -0.121. The van der Waals surface area contributed by atoms with Crippen LogP contribution in [0.25, 0.3) is 0 Å². The zero-order valence-electron chi connectivity index (χ0n) is 11.7. The van der Waals surface area contributed by atoms with Crippen LogP contribution < -0.4 is 14.8 Å². The third-order valence-electron chi connectivity index (χ3n) is 3.20. The minimum absolute atomic E-state index is 0.0201. The molecular formula is C15H16N2O4. The number of benzene rings is 1. The molecule has 21 heavy (non-hydrogen) atoms. The molecule has 2 aromatic rings. The van der Waals surface area contributed by atoms with Crippen LogP contribution in [0.3, 0.4) is 0 Å². The van der Waals surface area contributed by atoms with Gasteiger partial charge in [0.05, 0.1) is 5.69 Å². The molecule has 6 nitrogen and oxygen atoms in total. The van der Waals surface area contributed by atoms with Gasteiger partial charge in [0.15, 0.2) is 17.4 Å². The van der Waals surface area contributed by atoms with E-state index in [1.54, 1.807) is 13.2 Å². The van der Waals surface area contributed by atoms with Crippen LogP contribution >= 0.6 is 0 Å². The van der Waals surface area contributed by atoms with Gasteiger partial charge in [0, 0.05) is 26.3 Å². The Bertz CT molecular complexity index is 651. The van der Waals surface area contributed by atoms with E-state index in [0.717, 1.165) is 22.8 Å². The number of ether oxygens (including phenoxy) is 2. The highest BCUT2D eigenvalue weighted by molar-refractivity contribution is 5.76. The Morgan fingerprint density at radius 3 is 3.00 bits per heavy atom. The molecule has 0 fully saturated rings. The van der Waals surface area contributed by atoms with E-state index in [4.69, 9.17) is 13.9 Å². The average Bonchev–Trinajstić information content (AvgIpc) is 3.10. The molecule has 1 aliphatic rings. The topological polar surface area (TPSA) is 73.6 Å². The van der Waals surface area contributed by atoms with E-state index in [0.29, 0.717) is 25.3 Å². The van der Waals surface area contributed by atoms with Crippen molar-refractivity contribution in [2.75, 3.05) is 6.79 Å². The Morgan fingerprint density at radius 1 is 1.33 bits per heavy atom. The average molecular weight is 288 g/mol. The van der Waals surface area contributed by atoms with Gasteiger partial charge in [0.25, 0.3) is 0 Å². The van der Waals surface area contributed by atoms with Gasteiger partial charge in [0.1, 0.15) is 6.26 Å². The maximum absolute atomic E-state index is 11.8. The van der Waals surface area contributed by atoms with Crippen molar-refractivity contribution in [3.05, 3.63) is 41.6 Å². The quantitative estimate of drug-likeness (QED) is 0.910. The number of hydrogen-bond donors (Lipinski definition) is 1. The molecule has 0 bridgehead atoms. The fourth-order valence-electron chi connectivity index (χ4n) is 2.10. The van der Waals surface area contributed by atoms with Gasteiger partial charge in [-0.3, -0.25) is 4.79 Å². The fourth-order valence-corrected chi connectivity index (χ4v) is 2.10. The number of carbonyl (C=O) groups is 1. The second-order valence-electron chi connectivity index (χ2n) is 4.82. The van der Waals surface area contributed by atoms with Gasteiger partial charge in [-0.05, 0) is 17.7 Å². The summed E-state index contributed by atoms with van der Waals surface area (Å²) < 4.78 is 15.6. The summed E-state index contributed by atoms with van der Waals surface area (Å²) in [5.41, 5.74) is 1.77. The molecule has 1 aromatic carbocycles. The minimum Gasteiger partial charge on any atom is -0.454 e. The van der Waals surface area contributed by atoms with E-state index in [9.17, 15) is 4.79 Å². The summed E-state index contributed by atoms with van der Waals surface area (Å²) >= 11 is 0. The summed E-state index contributed by atoms with van der Waals surface area (Å²) in [6.07, 6.45) is 2.54. The lowest BCUT2D eigenvalue weighted by Crippen LogP contribution is -2.23. The van der Waals surface area contributed by atoms with Gasteiger partial charge in [0.2, 0.25) is 12.7 Å². The SMILES string of the molecule is Cc1nc(CCC(=O)NCc2ccc3c(c2)OCO3)co1. The number of rotatable bonds is 5. The molecule has 0 unspecified atom stereocenters. The molecule has 0 saturated heterocycles. The zero-order chi connectivity index (χ0) is 14.7. The molecule has 3 rings (SSSR count). The zero-order valence-corrected chi connectivity index (χ0v) is 11.7. The van der Waals surface area contributed by atoms with Crippen LogP contribution in [0.4, 0.5) is 0 Å². The first kappa shape index (κ1) is 13.5. The Hall–Kier alpha value is -2.50. The lowest BCUT2D eigenvalue weighted by atomic mass is 10.2. The van der Waals surface area contributed by atoms with Crippen molar-refractivity contribution in [1.82, 2.24) is 10.3 Å². The molecule has 0 saturated carbocycles. The van der Waals surface area contributed by atoms with Crippen LogP contribution in [-0.4, -0.2) is 17.7 Å². The maximum atomic E-state index is 11.8. The standard InChI is InChI=1S/C15H16N2O4/c1-10-17-12(8-19-10)3-5-15(18)16-7-11-2-4-13-14(6-11)21-9-20-13/h2,4,6,8H,3,5,7,9H2,1H3,(H,16,18). The Kier molecular flexibility index (Phi) is 3.77. The van der Waals surface area contributed by atoms with Crippen molar-refractivity contribution in [3.63, 3.8) is 0 Å². The van der Waals surface area contributed by atoms with Crippen LogP contribution in [0.5, 0.6) is 11.5 Å². The summed E-state index contributed by atoms with van der Waals surface area (Å²) in [6, 6.07) is 5.64. The number of aryl methyl sites for hydroxylation is 2. The van der Waals surface area contributed by atoms with Crippen molar-refractivity contribution in [1.29, 1.82) is 0 Å². The molecule has 1 aromatic heterocycles. The summed E-state index contributed by atoms with van der Waals surface area (Å²) in [6.45, 7) is 2.50. The summed E-state index contributed by atoms with van der Waals surface area (Å²) in [7, 11) is 0. The molecule has 2 heterocycles. The van der Waals surface area contributed by atoms with E-state index >= 15 is 0 Å². The molecule has 1 amide bonds. The van der Waals surface area contributed by atoms with Crippen LogP contribution in [0, 0.1) is 6.92 Å². The fraction of sp³-hybridized carbons (Fsp3) is 0.333. The largest absolute Gasteiger partial charge is 0.454 e. The summed E-state index contributed by atoms with van der Waals surface area (Å²) in [5, 5.41) is 2.87. The van der Waals surface area contributed by atoms with Gasteiger partial charge >= 0.3 is 0 Å². The van der Waals surface area contributed by atoms with Crippen molar-refractivity contribution < 1.29 is 18.7 Å². The first-order valence-electron chi connectivity index (χ1n) is 6.77. The number of oxazole rings is 1. The lowest BCUT2D eigenvalue weighted by Gasteiger charge is -2.05. The normalized spacial score (nSPS) is 12.4. The highest BCUT2D eigenvalue weighted by Gasteiger charge is 2.13. The molecule has 110 valence electrons. The molecule has 1 N–H and O–H groups in total. The predicted molar refractivity (Wildman–Crippen MR) is 74.0 cm³/mol. The van der Waals surface area contributed by atoms with Crippen molar-refractivity contribution in [3.8, 4) is 11.5 Å². The van der Waals surface area contributed by atoms with Crippen LogP contribution in [0.1, 0.15) is 23.6 Å². The predicted octanol–water partition coefficient (Wildman–Crippen LogP) is 1.96. The smallest absolute Gasteiger partial charge is 0.231 e. The molecule has 0 aliphatic carbocycles. The molecule has 1 aliphatic heterocycles. The molecular weight excluding hydrogens is 272 g/mol. The molecule has 0 spiro atoms. The first-order chi connectivity index (χ1) is 10.2. The molecule has 0 atom stereocenters. The summed E-state index contributed by atoms with van der Waals surface area (Å²) in [5.74, 6) is 2.06. The van der Waals surface area contributed by atoms with Crippen LogP contribution in [0.2, 0.25) is 0 Å². The van der Waals surface area contributed by atoms with E-state index < -0.39 is 0 Å². The van der Waals surface area contributed by atoms with E-state index in [1.807, 2.05) is 18.2 Å². The van der Waals surface area contributed by atoms with Gasteiger partial charge < -0.3 is 19.2 Å². The Labute approximate surface area is 122 Å². The third-order valence-corrected chi connectivity index (χ3v) is 3.20. The van der Waals surface area contributed by atoms with E-state index in [1.165, 1.54) is 0 Å². The third kappa shape index (κ3) is 3.34. The minimum atomic E-state index is -0.0201. The number of fused-ring (bicyclic) bond motifs is 1. The van der Waals surface area contributed by atoms with E-state index in [2.05, 4.69) is 10.3 Å². The molecule has 6 heteroatoms. The first-order valence-corrected chi connectivity index (χ1v) is 6.77. The van der Waals surface area contributed by atoms with Crippen LogP contribution in [-0.2, 0) is 17.8 Å². The van der Waals surface area contributed by atoms with Gasteiger partial charge in [-0.25, -0.2) is 4.98 Å².